The normalized spacial score (nSPS) is 15.9. The lowest BCUT2D eigenvalue weighted by Crippen LogP contribution is -2.39. The van der Waals surface area contributed by atoms with Gasteiger partial charge in [0.15, 0.2) is 0 Å². The van der Waals surface area contributed by atoms with E-state index in [0.29, 0.717) is 36.6 Å². The topological polar surface area (TPSA) is 88.5 Å². The van der Waals surface area contributed by atoms with Crippen molar-refractivity contribution in [2.45, 2.75) is 12.8 Å². The number of carboxylic acid groups (broad SMARTS) is 1. The number of pyridine rings is 1. The Hall–Kier alpha value is -2.44. The minimum Gasteiger partial charge on any atom is -0.481 e. The van der Waals surface area contributed by atoms with Gasteiger partial charge in [-0.15, -0.1) is 0 Å². The second-order valence-corrected chi connectivity index (χ2v) is 6.92. The quantitative estimate of drug-likeness (QED) is 0.792. The van der Waals surface area contributed by atoms with Crippen LogP contribution in [0.1, 0.15) is 23.2 Å². The molecule has 2 aromatic rings. The van der Waals surface area contributed by atoms with E-state index in [1.807, 2.05) is 18.2 Å². The van der Waals surface area contributed by atoms with Gasteiger partial charge >= 0.3 is 5.97 Å². The van der Waals surface area contributed by atoms with Gasteiger partial charge in [-0.1, -0.05) is 23.7 Å². The zero-order valence-electron chi connectivity index (χ0n) is 14.7. The number of carbonyl (C=O) groups is 2. The molecule has 1 aliphatic heterocycles. The maximum absolute atomic E-state index is 12.6. The van der Waals surface area contributed by atoms with Crippen LogP contribution in [0.4, 0.5) is 0 Å². The lowest BCUT2D eigenvalue weighted by molar-refractivity contribution is -0.144. The Morgan fingerprint density at radius 2 is 2.04 bits per heavy atom. The third-order valence-corrected chi connectivity index (χ3v) is 5.14. The predicted octanol–water partition coefficient (Wildman–Crippen LogP) is 3.26. The molecule has 0 aliphatic carbocycles. The largest absolute Gasteiger partial charge is 0.481 e. The SMILES string of the molecule is O=C(NCC(C(=O)O)C1CCOCC1)c1cc(-c2ccccn2)ccc1Cl. The van der Waals surface area contributed by atoms with Crippen molar-refractivity contribution >= 4 is 23.5 Å². The molecule has 0 radical (unpaired) electrons. The van der Waals surface area contributed by atoms with Gasteiger partial charge in [0.05, 0.1) is 22.2 Å². The summed E-state index contributed by atoms with van der Waals surface area (Å²) in [6, 6.07) is 10.6. The summed E-state index contributed by atoms with van der Waals surface area (Å²) < 4.78 is 5.29. The summed E-state index contributed by atoms with van der Waals surface area (Å²) in [5.41, 5.74) is 1.80. The van der Waals surface area contributed by atoms with Crippen molar-refractivity contribution in [3.8, 4) is 11.3 Å². The number of rotatable bonds is 6. The molecule has 27 heavy (non-hydrogen) atoms. The van der Waals surface area contributed by atoms with Gasteiger partial charge in [0.25, 0.3) is 5.91 Å². The number of halogens is 1. The molecular formula is C20H21ClN2O4. The van der Waals surface area contributed by atoms with Crippen LogP contribution in [0.5, 0.6) is 0 Å². The summed E-state index contributed by atoms with van der Waals surface area (Å²) >= 11 is 6.19. The van der Waals surface area contributed by atoms with E-state index in [2.05, 4.69) is 10.3 Å². The molecule has 7 heteroatoms. The minimum atomic E-state index is -0.907. The van der Waals surface area contributed by atoms with Crippen LogP contribution >= 0.6 is 11.6 Å². The summed E-state index contributed by atoms with van der Waals surface area (Å²) in [5, 5.41) is 12.6. The molecule has 1 saturated heterocycles. The first-order valence-electron chi connectivity index (χ1n) is 8.86. The Kier molecular flexibility index (Phi) is 6.42. The Labute approximate surface area is 162 Å². The molecule has 2 heterocycles. The fourth-order valence-electron chi connectivity index (χ4n) is 3.26. The van der Waals surface area contributed by atoms with Crippen molar-refractivity contribution in [2.75, 3.05) is 19.8 Å². The molecule has 3 rings (SSSR count). The van der Waals surface area contributed by atoms with Crippen LogP contribution in [0.2, 0.25) is 5.02 Å². The van der Waals surface area contributed by atoms with Crippen molar-refractivity contribution in [1.29, 1.82) is 0 Å². The highest BCUT2D eigenvalue weighted by Crippen LogP contribution is 2.26. The number of nitrogens with one attached hydrogen (secondary N) is 1. The second-order valence-electron chi connectivity index (χ2n) is 6.51. The molecular weight excluding hydrogens is 368 g/mol. The number of carbonyl (C=O) groups excluding carboxylic acids is 1. The Morgan fingerprint density at radius 3 is 2.70 bits per heavy atom. The van der Waals surface area contributed by atoms with E-state index in [-0.39, 0.29) is 12.5 Å². The summed E-state index contributed by atoms with van der Waals surface area (Å²) in [6.07, 6.45) is 3.04. The van der Waals surface area contributed by atoms with Crippen LogP contribution in [-0.4, -0.2) is 41.7 Å². The van der Waals surface area contributed by atoms with E-state index >= 15 is 0 Å². The van der Waals surface area contributed by atoms with E-state index in [4.69, 9.17) is 16.3 Å². The van der Waals surface area contributed by atoms with Crippen molar-refractivity contribution in [3.63, 3.8) is 0 Å². The first-order valence-corrected chi connectivity index (χ1v) is 9.23. The van der Waals surface area contributed by atoms with Gasteiger partial charge in [0, 0.05) is 31.5 Å². The average Bonchev–Trinajstić information content (AvgIpc) is 2.69. The van der Waals surface area contributed by atoms with E-state index in [1.165, 1.54) is 0 Å². The van der Waals surface area contributed by atoms with Crippen molar-refractivity contribution in [2.24, 2.45) is 11.8 Å². The van der Waals surface area contributed by atoms with Crippen LogP contribution < -0.4 is 5.32 Å². The number of aliphatic carboxylic acids is 1. The van der Waals surface area contributed by atoms with Gasteiger partial charge in [0.1, 0.15) is 0 Å². The third kappa shape index (κ3) is 4.84. The summed E-state index contributed by atoms with van der Waals surface area (Å²) in [6.45, 7) is 1.17. The summed E-state index contributed by atoms with van der Waals surface area (Å²) in [5.74, 6) is -1.95. The molecule has 1 aromatic heterocycles. The highest BCUT2D eigenvalue weighted by Gasteiger charge is 2.30. The highest BCUT2D eigenvalue weighted by molar-refractivity contribution is 6.34. The van der Waals surface area contributed by atoms with Crippen LogP contribution in [0.3, 0.4) is 0 Å². The molecule has 1 aromatic carbocycles. The van der Waals surface area contributed by atoms with Crippen LogP contribution in [0, 0.1) is 11.8 Å². The van der Waals surface area contributed by atoms with Gasteiger partial charge in [-0.25, -0.2) is 0 Å². The number of carboxylic acids is 1. The molecule has 142 valence electrons. The van der Waals surface area contributed by atoms with E-state index < -0.39 is 17.8 Å². The fourth-order valence-corrected chi connectivity index (χ4v) is 3.47. The van der Waals surface area contributed by atoms with Gasteiger partial charge in [0.2, 0.25) is 0 Å². The van der Waals surface area contributed by atoms with Gasteiger partial charge < -0.3 is 15.2 Å². The number of amides is 1. The molecule has 0 saturated carbocycles. The van der Waals surface area contributed by atoms with E-state index in [9.17, 15) is 14.7 Å². The zero-order chi connectivity index (χ0) is 19.2. The summed E-state index contributed by atoms with van der Waals surface area (Å²) in [4.78, 5) is 28.5. The average molecular weight is 389 g/mol. The predicted molar refractivity (Wildman–Crippen MR) is 102 cm³/mol. The standard InChI is InChI=1S/C20H21ClN2O4/c21-17-5-4-14(18-3-1-2-8-22-18)11-15(17)19(24)23-12-16(20(25)26)13-6-9-27-10-7-13/h1-5,8,11,13,16H,6-7,9-10,12H2,(H,23,24)(H,25,26). The monoisotopic (exact) mass is 388 g/mol. The second kappa shape index (κ2) is 8.97. The number of aromatic nitrogens is 1. The number of nitrogens with zero attached hydrogens (tertiary/aromatic N) is 1. The van der Waals surface area contributed by atoms with Crippen molar-refractivity contribution in [1.82, 2.24) is 10.3 Å². The Bertz CT molecular complexity index is 807. The van der Waals surface area contributed by atoms with Crippen LogP contribution in [0.15, 0.2) is 42.6 Å². The zero-order valence-corrected chi connectivity index (χ0v) is 15.5. The van der Waals surface area contributed by atoms with Crippen LogP contribution in [0.25, 0.3) is 11.3 Å². The lowest BCUT2D eigenvalue weighted by atomic mass is 9.86. The van der Waals surface area contributed by atoms with Gasteiger partial charge in [-0.3, -0.25) is 14.6 Å². The molecule has 2 N–H and O–H groups in total. The lowest BCUT2D eigenvalue weighted by Gasteiger charge is -2.27. The van der Waals surface area contributed by atoms with Crippen molar-refractivity contribution in [3.05, 3.63) is 53.2 Å². The maximum atomic E-state index is 12.6. The molecule has 6 nitrogen and oxygen atoms in total. The molecule has 1 atom stereocenters. The number of benzene rings is 1. The first kappa shape index (κ1) is 19.3. The number of ether oxygens (including phenoxy) is 1. The maximum Gasteiger partial charge on any atom is 0.308 e. The van der Waals surface area contributed by atoms with E-state index in [1.54, 1.807) is 24.4 Å². The Morgan fingerprint density at radius 1 is 1.26 bits per heavy atom. The van der Waals surface area contributed by atoms with E-state index in [0.717, 1.165) is 11.3 Å². The number of hydrogen-bond donors (Lipinski definition) is 2. The molecule has 1 aliphatic rings. The molecule has 1 amide bonds. The highest BCUT2D eigenvalue weighted by atomic mass is 35.5. The first-order chi connectivity index (χ1) is 13.1. The van der Waals surface area contributed by atoms with Crippen molar-refractivity contribution < 1.29 is 19.4 Å². The van der Waals surface area contributed by atoms with Gasteiger partial charge in [-0.2, -0.15) is 0 Å². The molecule has 0 bridgehead atoms. The molecule has 0 spiro atoms. The third-order valence-electron chi connectivity index (χ3n) is 4.81. The smallest absolute Gasteiger partial charge is 0.308 e. The van der Waals surface area contributed by atoms with Gasteiger partial charge in [-0.05, 0) is 43.0 Å². The summed E-state index contributed by atoms with van der Waals surface area (Å²) in [7, 11) is 0. The molecule has 1 fully saturated rings. The minimum absolute atomic E-state index is 0.00752. The molecule has 1 unspecified atom stereocenters. The Balaban J connectivity index is 1.72. The number of hydrogen-bond acceptors (Lipinski definition) is 4. The van der Waals surface area contributed by atoms with Crippen LogP contribution in [-0.2, 0) is 9.53 Å². The fraction of sp³-hybridized carbons (Fsp3) is 0.350.